The van der Waals surface area contributed by atoms with Crippen molar-refractivity contribution in [2.45, 2.75) is 120 Å². The highest BCUT2D eigenvalue weighted by molar-refractivity contribution is 5.38. The highest BCUT2D eigenvalue weighted by atomic mass is 14.4. The van der Waals surface area contributed by atoms with Gasteiger partial charge in [-0.1, -0.05) is 107 Å². The fraction of sp³-hybridized carbons (Fsp3) is 0.786. The Kier molecular flexibility index (Phi) is 8.05. The summed E-state index contributed by atoms with van der Waals surface area (Å²) in [5, 5.41) is 0. The molecule has 0 nitrogen and oxygen atoms in total. The lowest BCUT2D eigenvalue weighted by Gasteiger charge is -2.42. The van der Waals surface area contributed by atoms with Crippen molar-refractivity contribution in [1.82, 2.24) is 0 Å². The smallest absolute Gasteiger partial charge is 0.00955 e. The zero-order chi connectivity index (χ0) is 22.0. The molecule has 0 atom stereocenters. The lowest BCUT2D eigenvalue weighted by atomic mass is 9.63. The second-order valence-corrected chi connectivity index (χ2v) is 13.2. The summed E-state index contributed by atoms with van der Waals surface area (Å²) in [5.41, 5.74) is 4.16. The molecule has 0 heterocycles. The molecule has 162 valence electrons. The van der Waals surface area contributed by atoms with Crippen molar-refractivity contribution in [3.05, 3.63) is 35.4 Å². The van der Waals surface area contributed by atoms with Gasteiger partial charge in [-0.3, -0.25) is 0 Å². The van der Waals surface area contributed by atoms with Gasteiger partial charge in [-0.25, -0.2) is 0 Å². The van der Waals surface area contributed by atoms with E-state index in [9.17, 15) is 0 Å². The first-order chi connectivity index (χ1) is 12.5. The van der Waals surface area contributed by atoms with E-state index in [4.69, 9.17) is 0 Å². The molecular formula is C28H50. The van der Waals surface area contributed by atoms with Crippen molar-refractivity contribution in [1.29, 1.82) is 0 Å². The van der Waals surface area contributed by atoms with Gasteiger partial charge >= 0.3 is 0 Å². The Hall–Kier alpha value is -0.780. The predicted octanol–water partition coefficient (Wildman–Crippen LogP) is 9.17. The molecule has 0 spiro atoms. The van der Waals surface area contributed by atoms with E-state index in [0.717, 1.165) is 11.8 Å². The Labute approximate surface area is 177 Å². The summed E-state index contributed by atoms with van der Waals surface area (Å²) >= 11 is 0. The van der Waals surface area contributed by atoms with E-state index < -0.39 is 0 Å². The third-order valence-electron chi connectivity index (χ3n) is 6.15. The van der Waals surface area contributed by atoms with Crippen LogP contribution in [0.1, 0.15) is 120 Å². The average molecular weight is 387 g/mol. The van der Waals surface area contributed by atoms with Gasteiger partial charge in [-0.15, -0.1) is 0 Å². The average Bonchev–Trinajstić information content (AvgIpc) is 2.41. The molecule has 0 amide bonds. The number of benzene rings is 1. The molecule has 28 heavy (non-hydrogen) atoms. The van der Waals surface area contributed by atoms with Crippen LogP contribution in [0.3, 0.4) is 0 Å². The minimum atomic E-state index is 0.175. The summed E-state index contributed by atoms with van der Waals surface area (Å²) in [4.78, 5) is 0. The van der Waals surface area contributed by atoms with Crippen LogP contribution in [0.5, 0.6) is 0 Å². The Morgan fingerprint density at radius 1 is 0.571 bits per heavy atom. The van der Waals surface area contributed by atoms with Gasteiger partial charge in [0.25, 0.3) is 0 Å². The fourth-order valence-corrected chi connectivity index (χ4v) is 6.60. The van der Waals surface area contributed by atoms with E-state index in [-0.39, 0.29) is 10.8 Å². The summed E-state index contributed by atoms with van der Waals surface area (Å²) in [6, 6.07) is 9.28. The van der Waals surface area contributed by atoms with Gasteiger partial charge in [-0.2, -0.15) is 0 Å². The highest BCUT2D eigenvalue weighted by Crippen LogP contribution is 2.46. The van der Waals surface area contributed by atoms with E-state index in [0.29, 0.717) is 10.8 Å². The lowest BCUT2D eigenvalue weighted by molar-refractivity contribution is 0.200. The largest absolute Gasteiger partial charge is 0.0628 e. The van der Waals surface area contributed by atoms with Crippen molar-refractivity contribution >= 4 is 0 Å². The Morgan fingerprint density at radius 2 is 0.857 bits per heavy atom. The fourth-order valence-electron chi connectivity index (χ4n) is 6.60. The molecule has 0 heteroatoms. The number of rotatable bonds is 10. The molecule has 0 fully saturated rings. The van der Waals surface area contributed by atoms with E-state index in [1.165, 1.54) is 25.7 Å². The van der Waals surface area contributed by atoms with Crippen LogP contribution in [-0.2, 0) is 10.8 Å². The second kappa shape index (κ2) is 8.93. The van der Waals surface area contributed by atoms with Gasteiger partial charge in [0, 0.05) is 0 Å². The lowest BCUT2D eigenvalue weighted by Crippen LogP contribution is -2.33. The monoisotopic (exact) mass is 386 g/mol. The zero-order valence-corrected chi connectivity index (χ0v) is 21.3. The Bertz CT molecular complexity index is 556. The van der Waals surface area contributed by atoms with Crippen LogP contribution in [0.4, 0.5) is 0 Å². The van der Waals surface area contributed by atoms with Crippen molar-refractivity contribution in [2.24, 2.45) is 22.7 Å². The molecule has 0 aromatic heterocycles. The maximum Gasteiger partial charge on any atom is -0.00955 e. The molecule has 0 radical (unpaired) electrons. The molecule has 1 rings (SSSR count). The molecule has 0 bridgehead atoms. The van der Waals surface area contributed by atoms with Crippen LogP contribution in [0.2, 0.25) is 0 Å². The summed E-state index contributed by atoms with van der Waals surface area (Å²) in [5.74, 6) is 1.49. The van der Waals surface area contributed by atoms with Crippen LogP contribution in [0.15, 0.2) is 24.3 Å². The highest BCUT2D eigenvalue weighted by Gasteiger charge is 2.37. The van der Waals surface area contributed by atoms with Crippen molar-refractivity contribution in [2.75, 3.05) is 0 Å². The molecular weight excluding hydrogens is 336 g/mol. The minimum absolute atomic E-state index is 0.175. The molecule has 0 aliphatic rings. The molecule has 1 aromatic carbocycles. The zero-order valence-electron chi connectivity index (χ0n) is 21.3. The van der Waals surface area contributed by atoms with Crippen molar-refractivity contribution < 1.29 is 0 Å². The van der Waals surface area contributed by atoms with Gasteiger partial charge in [0.1, 0.15) is 0 Å². The van der Waals surface area contributed by atoms with Crippen molar-refractivity contribution in [3.63, 3.8) is 0 Å². The first-order valence-corrected chi connectivity index (χ1v) is 11.6. The minimum Gasteiger partial charge on any atom is -0.0628 e. The van der Waals surface area contributed by atoms with Crippen LogP contribution >= 0.6 is 0 Å². The Morgan fingerprint density at radius 3 is 1.11 bits per heavy atom. The van der Waals surface area contributed by atoms with Crippen LogP contribution < -0.4 is 0 Å². The molecule has 0 aliphatic heterocycles. The molecule has 0 saturated heterocycles. The van der Waals surface area contributed by atoms with E-state index in [1.807, 2.05) is 0 Å². The second-order valence-electron chi connectivity index (χ2n) is 13.2. The summed E-state index contributed by atoms with van der Waals surface area (Å²) in [7, 11) is 0. The molecule has 0 N–H and O–H groups in total. The van der Waals surface area contributed by atoms with Gasteiger partial charge in [0.15, 0.2) is 0 Å². The van der Waals surface area contributed by atoms with Gasteiger partial charge < -0.3 is 0 Å². The van der Waals surface area contributed by atoms with E-state index in [2.05, 4.69) is 107 Å². The summed E-state index contributed by atoms with van der Waals surface area (Å²) < 4.78 is 0. The summed E-state index contributed by atoms with van der Waals surface area (Å²) in [6.07, 6.45) is 5.01. The maximum absolute atomic E-state index is 2.46. The number of hydrogen-bond acceptors (Lipinski definition) is 0. The summed E-state index contributed by atoms with van der Waals surface area (Å²) in [6.45, 7) is 29.1. The maximum atomic E-state index is 2.46. The van der Waals surface area contributed by atoms with E-state index >= 15 is 0 Å². The molecule has 1 aromatic rings. The Balaban J connectivity index is 3.24. The van der Waals surface area contributed by atoms with Crippen LogP contribution in [0, 0.1) is 22.7 Å². The topological polar surface area (TPSA) is 0 Å². The third-order valence-corrected chi connectivity index (χ3v) is 6.15. The molecule has 0 saturated carbocycles. The standard InChI is InChI=1S/C28H50/c1-21(2)17-25(5,6)19-27(9,10)23-15-13-14-16-24(23)28(11,12)20-26(7,8)18-22(3)4/h13-16,21-22H,17-20H2,1-12H3. The van der Waals surface area contributed by atoms with Crippen molar-refractivity contribution in [3.8, 4) is 0 Å². The number of hydrogen-bond donors (Lipinski definition) is 0. The normalized spacial score (nSPS) is 14.2. The molecule has 0 unspecified atom stereocenters. The van der Waals surface area contributed by atoms with Crippen LogP contribution in [-0.4, -0.2) is 0 Å². The molecule has 0 aliphatic carbocycles. The van der Waals surface area contributed by atoms with Gasteiger partial charge in [-0.05, 0) is 70.3 Å². The quantitative estimate of drug-likeness (QED) is 0.376. The van der Waals surface area contributed by atoms with Gasteiger partial charge in [0.2, 0.25) is 0 Å². The first kappa shape index (κ1) is 25.3. The van der Waals surface area contributed by atoms with Crippen LogP contribution in [0.25, 0.3) is 0 Å². The SMILES string of the molecule is CC(C)CC(C)(C)CC(C)(C)c1ccccc1C(C)(C)CC(C)(C)CC(C)C. The third kappa shape index (κ3) is 7.57. The predicted molar refractivity (Wildman–Crippen MR) is 128 cm³/mol. The first-order valence-electron chi connectivity index (χ1n) is 11.6. The van der Waals surface area contributed by atoms with E-state index in [1.54, 1.807) is 11.1 Å². The van der Waals surface area contributed by atoms with Gasteiger partial charge in [0.05, 0.1) is 0 Å².